The van der Waals surface area contributed by atoms with Crippen molar-refractivity contribution >= 4 is 11.8 Å². The molecule has 1 aromatic heterocycles. The Hall–Kier alpha value is -2.76. The second-order valence-electron chi connectivity index (χ2n) is 7.46. The molecule has 0 spiro atoms. The zero-order valence-corrected chi connectivity index (χ0v) is 17.0. The van der Waals surface area contributed by atoms with Gasteiger partial charge in [0.2, 0.25) is 0 Å². The van der Waals surface area contributed by atoms with E-state index >= 15 is 0 Å². The number of halogens is 6. The van der Waals surface area contributed by atoms with Crippen molar-refractivity contribution < 1.29 is 41.0 Å². The van der Waals surface area contributed by atoms with Crippen molar-refractivity contribution in [2.45, 2.75) is 44.7 Å². The van der Waals surface area contributed by atoms with Gasteiger partial charge in [-0.15, -0.1) is 0 Å². The molecule has 2 aromatic rings. The lowest BCUT2D eigenvalue weighted by atomic mass is 10.1. The van der Waals surface area contributed by atoms with Gasteiger partial charge in [0.1, 0.15) is 11.4 Å². The first-order valence-corrected chi connectivity index (χ1v) is 9.85. The first-order valence-electron chi connectivity index (χ1n) is 9.85. The predicted molar refractivity (Wildman–Crippen MR) is 101 cm³/mol. The highest BCUT2D eigenvalue weighted by Gasteiger charge is 2.46. The summed E-state index contributed by atoms with van der Waals surface area (Å²) in [6.07, 6.45) is -8.02. The van der Waals surface area contributed by atoms with E-state index in [1.807, 2.05) is 6.92 Å². The number of carbonyl (C=O) groups is 1. The molecule has 1 aliphatic rings. The topological polar surface area (TPSA) is 67.6 Å². The summed E-state index contributed by atoms with van der Waals surface area (Å²) in [5, 5.41) is 13.0. The van der Waals surface area contributed by atoms with E-state index in [0.717, 1.165) is 29.7 Å². The van der Waals surface area contributed by atoms with E-state index in [0.29, 0.717) is 6.61 Å². The minimum Gasteiger partial charge on any atom is -0.477 e. The summed E-state index contributed by atoms with van der Waals surface area (Å²) in [6.45, 7) is 2.12. The first kappa shape index (κ1) is 23.9. The summed E-state index contributed by atoms with van der Waals surface area (Å²) in [7, 11) is 0. The van der Waals surface area contributed by atoms with Crippen molar-refractivity contribution in [3.05, 3.63) is 46.6 Å². The largest absolute Gasteiger partial charge is 0.477 e. The van der Waals surface area contributed by atoms with Gasteiger partial charge < -0.3 is 14.7 Å². The molecule has 32 heavy (non-hydrogen) atoms. The summed E-state index contributed by atoms with van der Waals surface area (Å²) in [5.41, 5.74) is -3.31. The van der Waals surface area contributed by atoms with E-state index in [2.05, 4.69) is 5.10 Å². The first-order chi connectivity index (χ1) is 14.9. The highest BCUT2D eigenvalue weighted by atomic mass is 19.4. The van der Waals surface area contributed by atoms with Crippen molar-refractivity contribution in [1.29, 1.82) is 0 Å². The van der Waals surface area contributed by atoms with Crippen LogP contribution in [-0.4, -0.2) is 40.6 Å². The Labute approximate surface area is 179 Å². The Morgan fingerprint density at radius 2 is 1.94 bits per heavy atom. The lowest BCUT2D eigenvalue weighted by Gasteiger charge is -2.20. The van der Waals surface area contributed by atoms with Crippen LogP contribution in [0.3, 0.4) is 0 Å². The van der Waals surface area contributed by atoms with Crippen LogP contribution in [0.4, 0.5) is 32.2 Å². The van der Waals surface area contributed by atoms with Gasteiger partial charge in [-0.1, -0.05) is 25.5 Å². The third-order valence-corrected chi connectivity index (χ3v) is 5.02. The molecule has 0 fully saturated rings. The molecule has 1 aliphatic heterocycles. The summed E-state index contributed by atoms with van der Waals surface area (Å²) in [4.78, 5) is 13.0. The molecule has 0 saturated heterocycles. The zero-order chi connectivity index (χ0) is 23.7. The number of benzene rings is 1. The van der Waals surface area contributed by atoms with Crippen molar-refractivity contribution in [3.63, 3.8) is 0 Å². The third kappa shape index (κ3) is 5.00. The number of hydrogen-bond donors (Lipinski definition) is 1. The number of unbranched alkanes of at least 4 members (excludes halogenated alkanes) is 1. The van der Waals surface area contributed by atoms with Crippen molar-refractivity contribution in [1.82, 2.24) is 9.78 Å². The van der Waals surface area contributed by atoms with Crippen LogP contribution >= 0.6 is 0 Å². The van der Waals surface area contributed by atoms with Crippen molar-refractivity contribution in [3.8, 4) is 0 Å². The molecule has 1 N–H and O–H groups in total. The maximum atomic E-state index is 13.5. The summed E-state index contributed by atoms with van der Waals surface area (Å²) < 4.78 is 86.0. The second kappa shape index (κ2) is 9.00. The fraction of sp³-hybridized carbons (Fsp3) is 0.500. The molecule has 0 aliphatic carbocycles. The Bertz CT molecular complexity index is 970. The minimum absolute atomic E-state index is 0.00979. The van der Waals surface area contributed by atoms with Gasteiger partial charge in [-0.05, 0) is 24.1 Å². The lowest BCUT2D eigenvalue weighted by molar-refractivity contribution is -0.142. The third-order valence-electron chi connectivity index (χ3n) is 5.02. The SMILES string of the molecule is CCCCOC[C@@H]1CN(Cc2cccc(C(F)(F)F)c2)c2c(C(=O)O)c(C(F)(F)F)nn21. The number of aromatic nitrogens is 2. The smallest absolute Gasteiger partial charge is 0.436 e. The van der Waals surface area contributed by atoms with E-state index in [-0.39, 0.29) is 31.1 Å². The van der Waals surface area contributed by atoms with Crippen LogP contribution in [0.25, 0.3) is 0 Å². The normalized spacial score (nSPS) is 16.5. The minimum atomic E-state index is -5.01. The average molecular weight is 465 g/mol. The Kier molecular flexibility index (Phi) is 6.72. The number of alkyl halides is 6. The van der Waals surface area contributed by atoms with Gasteiger partial charge in [-0.25, -0.2) is 9.48 Å². The molecule has 1 aromatic carbocycles. The summed E-state index contributed by atoms with van der Waals surface area (Å²) in [5.74, 6) is -2.12. The van der Waals surface area contributed by atoms with Gasteiger partial charge >= 0.3 is 18.3 Å². The fourth-order valence-electron chi connectivity index (χ4n) is 3.59. The van der Waals surface area contributed by atoms with Crippen LogP contribution in [0.1, 0.15) is 53.0 Å². The molecule has 12 heteroatoms. The van der Waals surface area contributed by atoms with Gasteiger partial charge in [0.25, 0.3) is 0 Å². The highest BCUT2D eigenvalue weighted by molar-refractivity contribution is 5.95. The number of fused-ring (bicyclic) bond motifs is 1. The number of aromatic carboxylic acids is 1. The lowest BCUT2D eigenvalue weighted by Crippen LogP contribution is -2.26. The Morgan fingerprint density at radius 3 is 2.53 bits per heavy atom. The van der Waals surface area contributed by atoms with Crippen molar-refractivity contribution in [2.24, 2.45) is 0 Å². The molecule has 2 heterocycles. The van der Waals surface area contributed by atoms with E-state index < -0.39 is 41.2 Å². The van der Waals surface area contributed by atoms with Gasteiger partial charge in [-0.2, -0.15) is 31.4 Å². The molecule has 0 unspecified atom stereocenters. The predicted octanol–water partition coefficient (Wildman–Crippen LogP) is 5.00. The number of ether oxygens (including phenoxy) is 1. The number of hydrogen-bond acceptors (Lipinski definition) is 4. The molecule has 1 atom stereocenters. The fourth-order valence-corrected chi connectivity index (χ4v) is 3.59. The van der Waals surface area contributed by atoms with Crippen LogP contribution in [-0.2, 0) is 23.6 Å². The molecule has 0 saturated carbocycles. The molecule has 176 valence electrons. The molecular weight excluding hydrogens is 444 g/mol. The number of carboxylic acids is 1. The van der Waals surface area contributed by atoms with Crippen LogP contribution < -0.4 is 4.90 Å². The van der Waals surface area contributed by atoms with Crippen LogP contribution in [0.15, 0.2) is 24.3 Å². The molecule has 3 rings (SSSR count). The summed E-state index contributed by atoms with van der Waals surface area (Å²) >= 11 is 0. The van der Waals surface area contributed by atoms with Crippen molar-refractivity contribution in [2.75, 3.05) is 24.7 Å². The number of nitrogens with zero attached hydrogens (tertiary/aromatic N) is 3. The maximum Gasteiger partial charge on any atom is 0.436 e. The maximum absolute atomic E-state index is 13.5. The average Bonchev–Trinajstić information content (AvgIpc) is 3.23. The van der Waals surface area contributed by atoms with E-state index in [1.165, 1.54) is 17.0 Å². The highest BCUT2D eigenvalue weighted by Crippen LogP contribution is 2.41. The molecule has 6 nitrogen and oxygen atoms in total. The summed E-state index contributed by atoms with van der Waals surface area (Å²) in [6, 6.07) is 3.63. The Morgan fingerprint density at radius 1 is 1.22 bits per heavy atom. The van der Waals surface area contributed by atoms with Gasteiger partial charge in [0, 0.05) is 19.7 Å². The second-order valence-corrected chi connectivity index (χ2v) is 7.46. The van der Waals surface area contributed by atoms with Crippen LogP contribution in [0.2, 0.25) is 0 Å². The van der Waals surface area contributed by atoms with Gasteiger partial charge in [0.05, 0.1) is 18.2 Å². The number of rotatable bonds is 8. The van der Waals surface area contributed by atoms with Crippen LogP contribution in [0.5, 0.6) is 0 Å². The standard InChI is InChI=1S/C20H21F6N3O3/c1-2-3-7-32-11-14-10-28(9-12-5-4-6-13(8-12)19(21,22)23)17-15(18(30)31)16(20(24,25)26)27-29(14)17/h4-6,8,14H,2-3,7,9-11H2,1H3,(H,30,31)/t14-/m0/s1. The quantitative estimate of drug-likeness (QED) is 0.439. The van der Waals surface area contributed by atoms with Gasteiger partial charge in [0.15, 0.2) is 5.69 Å². The Balaban J connectivity index is 1.98. The molecular formula is C20H21F6N3O3. The zero-order valence-electron chi connectivity index (χ0n) is 17.0. The monoisotopic (exact) mass is 465 g/mol. The molecule has 0 bridgehead atoms. The molecule has 0 radical (unpaired) electrons. The van der Waals surface area contributed by atoms with E-state index in [9.17, 15) is 36.2 Å². The van der Waals surface area contributed by atoms with E-state index in [4.69, 9.17) is 4.74 Å². The van der Waals surface area contributed by atoms with E-state index in [1.54, 1.807) is 0 Å². The van der Waals surface area contributed by atoms with Crippen LogP contribution in [0, 0.1) is 0 Å². The molecule has 0 amide bonds. The number of carboxylic acid groups (broad SMARTS) is 1. The van der Waals surface area contributed by atoms with Gasteiger partial charge in [-0.3, -0.25) is 0 Å². The number of anilines is 1.